The summed E-state index contributed by atoms with van der Waals surface area (Å²) in [6.07, 6.45) is 3.25. The lowest BCUT2D eigenvalue weighted by atomic mass is 9.93. The molecule has 0 heterocycles. The van der Waals surface area contributed by atoms with Gasteiger partial charge in [-0.1, -0.05) is 0 Å². The Labute approximate surface area is 98.6 Å². The van der Waals surface area contributed by atoms with E-state index in [1.54, 1.807) is 6.92 Å². The molecular formula is C10H18BrN3O. The van der Waals surface area contributed by atoms with E-state index in [-0.39, 0.29) is 12.1 Å². The van der Waals surface area contributed by atoms with Gasteiger partial charge in [0.2, 0.25) is 0 Å². The minimum absolute atomic E-state index is 0.159. The van der Waals surface area contributed by atoms with Crippen LogP contribution in [0.2, 0.25) is 0 Å². The first-order chi connectivity index (χ1) is 7.00. The molecule has 0 atom stereocenters. The Morgan fingerprint density at radius 3 is 2.27 bits per heavy atom. The number of amidine groups is 1. The smallest absolute Gasteiger partial charge is 0.134 e. The highest BCUT2D eigenvalue weighted by atomic mass is 79.9. The zero-order valence-corrected chi connectivity index (χ0v) is 10.5. The number of aliphatic imine (C=N–C) groups is 1. The van der Waals surface area contributed by atoms with Gasteiger partial charge in [-0.15, -0.1) is 0 Å². The molecule has 0 amide bonds. The third-order valence-corrected chi connectivity index (χ3v) is 3.59. The predicted molar refractivity (Wildman–Crippen MR) is 65.7 cm³/mol. The molecule has 0 radical (unpaired) electrons. The SMILES string of the molecule is C/C(N)=C(\Br)C(N)=NC1CCC(O)CC1. The number of allylic oxidation sites excluding steroid dienone is 1. The number of hydrogen-bond acceptors (Lipinski definition) is 3. The van der Waals surface area contributed by atoms with Crippen molar-refractivity contribution in [3.05, 3.63) is 10.2 Å². The van der Waals surface area contributed by atoms with Crippen LogP contribution < -0.4 is 11.5 Å². The van der Waals surface area contributed by atoms with E-state index in [1.165, 1.54) is 0 Å². The molecule has 1 saturated carbocycles. The quantitative estimate of drug-likeness (QED) is 0.524. The topological polar surface area (TPSA) is 84.6 Å². The Hall–Kier alpha value is -0.550. The molecule has 1 rings (SSSR count). The molecule has 0 aromatic heterocycles. The zero-order chi connectivity index (χ0) is 11.4. The van der Waals surface area contributed by atoms with Gasteiger partial charge in [-0.25, -0.2) is 0 Å². The summed E-state index contributed by atoms with van der Waals surface area (Å²) < 4.78 is 0.675. The van der Waals surface area contributed by atoms with E-state index in [2.05, 4.69) is 20.9 Å². The van der Waals surface area contributed by atoms with E-state index in [9.17, 15) is 5.11 Å². The van der Waals surface area contributed by atoms with Crippen molar-refractivity contribution in [2.45, 2.75) is 44.8 Å². The van der Waals surface area contributed by atoms with Crippen molar-refractivity contribution in [3.8, 4) is 0 Å². The second-order valence-electron chi connectivity index (χ2n) is 3.97. The Morgan fingerprint density at radius 1 is 1.27 bits per heavy atom. The second-order valence-corrected chi connectivity index (χ2v) is 4.77. The number of hydrogen-bond donors (Lipinski definition) is 3. The zero-order valence-electron chi connectivity index (χ0n) is 8.91. The summed E-state index contributed by atoms with van der Waals surface area (Å²) in [5.74, 6) is 0.455. The van der Waals surface area contributed by atoms with Gasteiger partial charge < -0.3 is 16.6 Å². The van der Waals surface area contributed by atoms with Crippen LogP contribution in [0.3, 0.4) is 0 Å². The fourth-order valence-corrected chi connectivity index (χ4v) is 1.75. The number of nitrogens with two attached hydrogens (primary N) is 2. The van der Waals surface area contributed by atoms with Gasteiger partial charge in [0.05, 0.1) is 16.6 Å². The van der Waals surface area contributed by atoms with Crippen molar-refractivity contribution in [1.29, 1.82) is 0 Å². The number of aliphatic hydroxyl groups is 1. The van der Waals surface area contributed by atoms with E-state index in [4.69, 9.17) is 11.5 Å². The average molecular weight is 276 g/mol. The Bertz CT molecular complexity index is 276. The summed E-state index contributed by atoms with van der Waals surface area (Å²) in [6, 6.07) is 0.222. The van der Waals surface area contributed by atoms with Crippen LogP contribution >= 0.6 is 15.9 Å². The summed E-state index contributed by atoms with van der Waals surface area (Å²) in [5, 5.41) is 9.34. The molecule has 86 valence electrons. The highest BCUT2D eigenvalue weighted by molar-refractivity contribution is 9.12. The number of aliphatic hydroxyl groups excluding tert-OH is 1. The summed E-state index contributed by atoms with van der Waals surface area (Å²) in [7, 11) is 0. The lowest BCUT2D eigenvalue weighted by Gasteiger charge is -2.22. The van der Waals surface area contributed by atoms with Crippen LogP contribution in [0.1, 0.15) is 32.6 Å². The van der Waals surface area contributed by atoms with Gasteiger partial charge in [0.25, 0.3) is 0 Å². The molecule has 0 aliphatic heterocycles. The largest absolute Gasteiger partial charge is 0.401 e. The molecule has 0 spiro atoms. The van der Waals surface area contributed by atoms with Crippen molar-refractivity contribution >= 4 is 21.8 Å². The van der Waals surface area contributed by atoms with Crippen LogP contribution in [0.5, 0.6) is 0 Å². The molecule has 0 saturated heterocycles. The highest BCUT2D eigenvalue weighted by Crippen LogP contribution is 2.22. The third kappa shape index (κ3) is 3.83. The summed E-state index contributed by atoms with van der Waals surface area (Å²) in [6.45, 7) is 1.77. The lowest BCUT2D eigenvalue weighted by molar-refractivity contribution is 0.123. The number of halogens is 1. The molecule has 0 aromatic carbocycles. The monoisotopic (exact) mass is 275 g/mol. The first kappa shape index (κ1) is 12.5. The van der Waals surface area contributed by atoms with E-state index < -0.39 is 0 Å². The minimum atomic E-state index is -0.159. The Balaban J connectivity index is 2.60. The molecule has 0 aromatic rings. The molecular weight excluding hydrogens is 258 g/mol. The molecule has 5 heteroatoms. The summed E-state index contributed by atoms with van der Waals surface area (Å²) in [4.78, 5) is 4.39. The maximum absolute atomic E-state index is 9.34. The summed E-state index contributed by atoms with van der Waals surface area (Å²) in [5.41, 5.74) is 12.0. The summed E-state index contributed by atoms with van der Waals surface area (Å²) >= 11 is 3.30. The van der Waals surface area contributed by atoms with Gasteiger partial charge in [-0.2, -0.15) is 0 Å². The van der Waals surface area contributed by atoms with Crippen LogP contribution in [0.4, 0.5) is 0 Å². The maximum Gasteiger partial charge on any atom is 0.134 e. The van der Waals surface area contributed by atoms with Crippen LogP contribution in [-0.2, 0) is 0 Å². The van der Waals surface area contributed by atoms with E-state index in [0.29, 0.717) is 16.0 Å². The maximum atomic E-state index is 9.34. The van der Waals surface area contributed by atoms with Crippen molar-refractivity contribution in [3.63, 3.8) is 0 Å². The number of rotatable bonds is 2. The molecule has 0 unspecified atom stereocenters. The minimum Gasteiger partial charge on any atom is -0.401 e. The van der Waals surface area contributed by atoms with Gasteiger partial charge in [0.15, 0.2) is 0 Å². The molecule has 5 N–H and O–H groups in total. The molecule has 1 fully saturated rings. The third-order valence-electron chi connectivity index (χ3n) is 2.56. The van der Waals surface area contributed by atoms with Crippen LogP contribution in [-0.4, -0.2) is 23.1 Å². The van der Waals surface area contributed by atoms with Crippen molar-refractivity contribution in [2.75, 3.05) is 0 Å². The molecule has 4 nitrogen and oxygen atoms in total. The lowest BCUT2D eigenvalue weighted by Crippen LogP contribution is -2.24. The van der Waals surface area contributed by atoms with E-state index >= 15 is 0 Å². The molecule has 0 bridgehead atoms. The standard InChI is InChI=1S/C10H18BrN3O/c1-6(12)9(11)10(13)14-7-2-4-8(15)5-3-7/h7-8,15H,2-5,12H2,1H3,(H2,13,14)/b9-6+. The Morgan fingerprint density at radius 2 is 1.80 bits per heavy atom. The Kier molecular flexibility index (Phi) is 4.60. The van der Waals surface area contributed by atoms with Crippen LogP contribution in [0.25, 0.3) is 0 Å². The van der Waals surface area contributed by atoms with Gasteiger partial charge >= 0.3 is 0 Å². The van der Waals surface area contributed by atoms with Gasteiger partial charge in [-0.05, 0) is 48.5 Å². The van der Waals surface area contributed by atoms with E-state index in [1.807, 2.05) is 0 Å². The highest BCUT2D eigenvalue weighted by Gasteiger charge is 2.19. The molecule has 1 aliphatic carbocycles. The van der Waals surface area contributed by atoms with Crippen LogP contribution in [0, 0.1) is 0 Å². The van der Waals surface area contributed by atoms with Gasteiger partial charge in [0.1, 0.15) is 5.84 Å². The molecule has 1 aliphatic rings. The predicted octanol–water partition coefficient (Wildman–Crippen LogP) is 1.23. The average Bonchev–Trinajstić information content (AvgIpc) is 2.20. The van der Waals surface area contributed by atoms with E-state index in [0.717, 1.165) is 25.7 Å². The molecule has 15 heavy (non-hydrogen) atoms. The fourth-order valence-electron chi connectivity index (χ4n) is 1.64. The number of nitrogens with zero attached hydrogens (tertiary/aromatic N) is 1. The fraction of sp³-hybridized carbons (Fsp3) is 0.700. The van der Waals surface area contributed by atoms with Crippen LogP contribution in [0.15, 0.2) is 15.2 Å². The van der Waals surface area contributed by atoms with Gasteiger partial charge in [-0.3, -0.25) is 4.99 Å². The van der Waals surface area contributed by atoms with Crippen molar-refractivity contribution in [1.82, 2.24) is 0 Å². The first-order valence-electron chi connectivity index (χ1n) is 5.14. The first-order valence-corrected chi connectivity index (χ1v) is 5.93. The van der Waals surface area contributed by atoms with Gasteiger partial charge in [0, 0.05) is 5.70 Å². The van der Waals surface area contributed by atoms with Crippen molar-refractivity contribution in [2.24, 2.45) is 16.5 Å². The second kappa shape index (κ2) is 5.51. The van der Waals surface area contributed by atoms with Crippen molar-refractivity contribution < 1.29 is 5.11 Å². The normalized spacial score (nSPS) is 29.9.